The van der Waals surface area contributed by atoms with E-state index >= 15 is 0 Å². The monoisotopic (exact) mass is 540 g/mol. The zero-order chi connectivity index (χ0) is 26.3. The van der Waals surface area contributed by atoms with Crippen molar-refractivity contribution in [2.24, 2.45) is 0 Å². The molecule has 7 nitrogen and oxygen atoms in total. The van der Waals surface area contributed by atoms with Gasteiger partial charge in [0.25, 0.3) is 5.56 Å². The molecule has 0 aliphatic carbocycles. The molecule has 0 bridgehead atoms. The molecule has 1 aliphatic heterocycles. The molecule has 5 rings (SSSR count). The minimum Gasteiger partial charge on any atom is -0.337 e. The number of halogens is 2. The molecule has 0 unspecified atom stereocenters. The number of benzene rings is 2. The van der Waals surface area contributed by atoms with Gasteiger partial charge in [-0.1, -0.05) is 29.5 Å². The van der Waals surface area contributed by atoms with Gasteiger partial charge in [-0.05, 0) is 43.2 Å². The highest BCUT2D eigenvalue weighted by Crippen LogP contribution is 2.34. The summed E-state index contributed by atoms with van der Waals surface area (Å²) < 4.78 is 28.6. The van der Waals surface area contributed by atoms with E-state index in [0.717, 1.165) is 39.9 Å². The van der Waals surface area contributed by atoms with E-state index in [0.29, 0.717) is 46.6 Å². The van der Waals surface area contributed by atoms with Crippen LogP contribution in [0.1, 0.15) is 22.9 Å². The molecule has 2 aromatic heterocycles. The van der Waals surface area contributed by atoms with Gasteiger partial charge in [0, 0.05) is 24.4 Å². The van der Waals surface area contributed by atoms with Crippen LogP contribution in [0.15, 0.2) is 52.4 Å². The van der Waals surface area contributed by atoms with E-state index in [1.165, 1.54) is 22.8 Å². The van der Waals surface area contributed by atoms with Crippen LogP contribution in [0.4, 0.5) is 14.5 Å². The van der Waals surface area contributed by atoms with E-state index in [9.17, 15) is 23.2 Å². The molecule has 0 fully saturated rings. The standard InChI is InChI=1S/C26H22F2N4O3S2/c1-14-3-6-17(7-4-14)32-25(35)23-18-9-10-31(15(2)33)12-21(18)37-24(23)30-26(32)36-13-22(34)29-20-8-5-16(27)11-19(20)28/h3-8,11H,9-10,12-13H2,1-2H3,(H,29,34). The van der Waals surface area contributed by atoms with Crippen molar-refractivity contribution in [2.75, 3.05) is 17.6 Å². The quantitative estimate of drug-likeness (QED) is 0.294. The predicted octanol–water partition coefficient (Wildman–Crippen LogP) is 4.67. The number of nitrogens with zero attached hydrogens (tertiary/aromatic N) is 3. The molecule has 1 aliphatic rings. The maximum absolute atomic E-state index is 14.0. The SMILES string of the molecule is CC(=O)N1CCc2c(sc3nc(SCC(=O)Nc4ccc(F)cc4F)n(-c4ccc(C)cc4)c(=O)c23)C1. The van der Waals surface area contributed by atoms with Crippen molar-refractivity contribution in [2.45, 2.75) is 32.0 Å². The Balaban J connectivity index is 1.52. The Morgan fingerprint density at radius 3 is 2.62 bits per heavy atom. The summed E-state index contributed by atoms with van der Waals surface area (Å²) in [7, 11) is 0. The van der Waals surface area contributed by atoms with Gasteiger partial charge in [-0.2, -0.15) is 0 Å². The largest absolute Gasteiger partial charge is 0.337 e. The number of thiophene rings is 1. The van der Waals surface area contributed by atoms with Gasteiger partial charge >= 0.3 is 0 Å². The number of thioether (sulfide) groups is 1. The molecular formula is C26H22F2N4O3S2. The van der Waals surface area contributed by atoms with Crippen molar-refractivity contribution < 1.29 is 18.4 Å². The van der Waals surface area contributed by atoms with Gasteiger partial charge < -0.3 is 10.2 Å². The zero-order valence-electron chi connectivity index (χ0n) is 20.0. The van der Waals surface area contributed by atoms with E-state index in [1.807, 2.05) is 31.2 Å². The average molecular weight is 541 g/mol. The number of carbonyl (C=O) groups excluding carboxylic acids is 2. The number of nitrogens with one attached hydrogen (secondary N) is 1. The first kappa shape index (κ1) is 25.1. The second-order valence-electron chi connectivity index (χ2n) is 8.71. The summed E-state index contributed by atoms with van der Waals surface area (Å²) in [6, 6.07) is 10.3. The Kier molecular flexibility index (Phi) is 6.82. The summed E-state index contributed by atoms with van der Waals surface area (Å²) in [6.45, 7) is 4.44. The first-order chi connectivity index (χ1) is 17.7. The molecule has 0 atom stereocenters. The van der Waals surface area contributed by atoms with Gasteiger partial charge in [0.1, 0.15) is 16.5 Å². The van der Waals surface area contributed by atoms with Crippen LogP contribution in [0, 0.1) is 18.6 Å². The fourth-order valence-electron chi connectivity index (χ4n) is 4.22. The van der Waals surface area contributed by atoms with Gasteiger partial charge in [-0.15, -0.1) is 11.3 Å². The molecule has 0 saturated carbocycles. The van der Waals surface area contributed by atoms with Crippen LogP contribution in [-0.4, -0.2) is 38.6 Å². The Labute approximate surface area is 219 Å². The third-order valence-corrected chi connectivity index (χ3v) is 8.17. The fourth-order valence-corrected chi connectivity index (χ4v) is 6.31. The van der Waals surface area contributed by atoms with Crippen LogP contribution in [-0.2, 0) is 22.6 Å². The van der Waals surface area contributed by atoms with Crippen molar-refractivity contribution in [3.63, 3.8) is 0 Å². The first-order valence-corrected chi connectivity index (χ1v) is 13.3. The third kappa shape index (κ3) is 5.01. The number of fused-ring (bicyclic) bond motifs is 3. The van der Waals surface area contributed by atoms with Crippen LogP contribution in [0.5, 0.6) is 0 Å². The number of amides is 2. The highest BCUT2D eigenvalue weighted by molar-refractivity contribution is 7.99. The fraction of sp³-hybridized carbons (Fsp3) is 0.231. The molecule has 1 N–H and O–H groups in total. The molecule has 3 heterocycles. The molecule has 0 saturated heterocycles. The normalized spacial score (nSPS) is 13.0. The van der Waals surface area contributed by atoms with Gasteiger partial charge in [0.15, 0.2) is 5.16 Å². The Morgan fingerprint density at radius 1 is 1.16 bits per heavy atom. The topological polar surface area (TPSA) is 84.3 Å². The maximum atomic E-state index is 14.0. The van der Waals surface area contributed by atoms with E-state index in [4.69, 9.17) is 4.98 Å². The number of aryl methyl sites for hydroxylation is 1. The van der Waals surface area contributed by atoms with Crippen molar-refractivity contribution in [3.8, 4) is 5.69 Å². The van der Waals surface area contributed by atoms with Crippen LogP contribution >= 0.6 is 23.1 Å². The molecule has 0 spiro atoms. The molecule has 190 valence electrons. The molecule has 2 aromatic carbocycles. The Morgan fingerprint density at radius 2 is 1.92 bits per heavy atom. The van der Waals surface area contributed by atoms with Crippen LogP contribution in [0.3, 0.4) is 0 Å². The summed E-state index contributed by atoms with van der Waals surface area (Å²) >= 11 is 2.43. The van der Waals surface area contributed by atoms with Crippen LogP contribution < -0.4 is 10.9 Å². The molecule has 2 amide bonds. The van der Waals surface area contributed by atoms with Crippen molar-refractivity contribution in [1.29, 1.82) is 0 Å². The molecule has 37 heavy (non-hydrogen) atoms. The zero-order valence-corrected chi connectivity index (χ0v) is 21.6. The number of anilines is 1. The summed E-state index contributed by atoms with van der Waals surface area (Å²) in [5.74, 6) is -2.31. The minimum absolute atomic E-state index is 0.0204. The maximum Gasteiger partial charge on any atom is 0.267 e. The summed E-state index contributed by atoms with van der Waals surface area (Å²) in [5, 5.41) is 3.28. The first-order valence-electron chi connectivity index (χ1n) is 11.5. The lowest BCUT2D eigenvalue weighted by molar-refractivity contribution is -0.129. The third-order valence-electron chi connectivity index (χ3n) is 6.12. The van der Waals surface area contributed by atoms with Gasteiger partial charge in [-0.3, -0.25) is 19.0 Å². The minimum atomic E-state index is -0.877. The average Bonchev–Trinajstić information content (AvgIpc) is 3.23. The summed E-state index contributed by atoms with van der Waals surface area (Å²) in [5.41, 5.74) is 2.18. The van der Waals surface area contributed by atoms with E-state index < -0.39 is 17.5 Å². The Hall–Kier alpha value is -3.57. The smallest absolute Gasteiger partial charge is 0.267 e. The number of hydrogen-bond acceptors (Lipinski definition) is 6. The van der Waals surface area contributed by atoms with Crippen molar-refractivity contribution in [3.05, 3.63) is 80.5 Å². The number of rotatable bonds is 5. The number of aromatic nitrogens is 2. The van der Waals surface area contributed by atoms with Crippen LogP contribution in [0.2, 0.25) is 0 Å². The lowest BCUT2D eigenvalue weighted by Crippen LogP contribution is -2.34. The predicted molar refractivity (Wildman–Crippen MR) is 140 cm³/mol. The highest BCUT2D eigenvalue weighted by atomic mass is 32.2. The van der Waals surface area contributed by atoms with Crippen molar-refractivity contribution in [1.82, 2.24) is 14.5 Å². The van der Waals surface area contributed by atoms with Crippen molar-refractivity contribution >= 4 is 50.8 Å². The number of hydrogen-bond donors (Lipinski definition) is 1. The van der Waals surface area contributed by atoms with E-state index in [1.54, 1.807) is 4.90 Å². The Bertz CT molecular complexity index is 1600. The lowest BCUT2D eigenvalue weighted by atomic mass is 10.1. The van der Waals surface area contributed by atoms with Gasteiger partial charge in [0.05, 0.1) is 29.1 Å². The van der Waals surface area contributed by atoms with E-state index in [-0.39, 0.29) is 22.9 Å². The van der Waals surface area contributed by atoms with Gasteiger partial charge in [0.2, 0.25) is 11.8 Å². The number of carbonyl (C=O) groups is 2. The van der Waals surface area contributed by atoms with E-state index in [2.05, 4.69) is 5.32 Å². The highest BCUT2D eigenvalue weighted by Gasteiger charge is 2.27. The lowest BCUT2D eigenvalue weighted by Gasteiger charge is -2.25. The van der Waals surface area contributed by atoms with Gasteiger partial charge in [-0.25, -0.2) is 13.8 Å². The summed E-state index contributed by atoms with van der Waals surface area (Å²) in [4.78, 5) is 46.3. The second-order valence-corrected chi connectivity index (χ2v) is 10.7. The van der Waals surface area contributed by atoms with Crippen LogP contribution in [0.25, 0.3) is 15.9 Å². The molecule has 11 heteroatoms. The second kappa shape index (κ2) is 10.1. The summed E-state index contributed by atoms with van der Waals surface area (Å²) in [6.07, 6.45) is 0.567. The molecular weight excluding hydrogens is 518 g/mol. The molecule has 0 radical (unpaired) electrons. The molecule has 4 aromatic rings.